The number of aliphatic carboxylic acids is 3. The Morgan fingerprint density at radius 2 is 1.59 bits per heavy atom. The van der Waals surface area contributed by atoms with E-state index < -0.39 is 30.4 Å². The van der Waals surface area contributed by atoms with Crippen LogP contribution < -0.4 is 0 Å². The topological polar surface area (TPSA) is 121 Å². The van der Waals surface area contributed by atoms with Gasteiger partial charge in [-0.3, -0.25) is 9.59 Å². The van der Waals surface area contributed by atoms with E-state index in [1.807, 2.05) is 0 Å². The highest BCUT2D eigenvalue weighted by molar-refractivity contribution is 5.79. The number of carbonyl (C=O) groups is 3. The van der Waals surface area contributed by atoms with Gasteiger partial charge in [-0.15, -0.1) is 0 Å². The molecule has 1 unspecified atom stereocenters. The van der Waals surface area contributed by atoms with Gasteiger partial charge in [0, 0.05) is 13.0 Å². The quantitative estimate of drug-likeness (QED) is 0.483. The first-order chi connectivity index (χ1) is 7.93. The second-order valence-corrected chi connectivity index (χ2v) is 3.50. The van der Waals surface area contributed by atoms with Crippen LogP contribution in [0.25, 0.3) is 0 Å². The van der Waals surface area contributed by atoms with Crippen LogP contribution >= 0.6 is 0 Å². The van der Waals surface area contributed by atoms with Gasteiger partial charge in [-0.2, -0.15) is 0 Å². The number of ether oxygens (including phenoxy) is 1. The van der Waals surface area contributed by atoms with Gasteiger partial charge in [-0.25, -0.2) is 4.79 Å². The van der Waals surface area contributed by atoms with Crippen LogP contribution in [-0.2, 0) is 19.1 Å². The summed E-state index contributed by atoms with van der Waals surface area (Å²) in [6.45, 7) is 0.115. The van der Waals surface area contributed by atoms with Gasteiger partial charge in [-0.1, -0.05) is 6.42 Å². The average Bonchev–Trinajstić information content (AvgIpc) is 2.20. The smallest absolute Gasteiger partial charge is 0.333 e. The minimum Gasteiger partial charge on any atom is -0.481 e. The van der Waals surface area contributed by atoms with Gasteiger partial charge in [0.15, 0.2) is 6.10 Å². The molecule has 7 nitrogen and oxygen atoms in total. The van der Waals surface area contributed by atoms with Gasteiger partial charge < -0.3 is 20.1 Å². The summed E-state index contributed by atoms with van der Waals surface area (Å²) in [5.74, 6) is -3.42. The van der Waals surface area contributed by atoms with Crippen LogP contribution in [0.1, 0.15) is 32.1 Å². The predicted octanol–water partition coefficient (Wildman–Crippen LogP) is 0.576. The molecular weight excluding hydrogens is 232 g/mol. The highest BCUT2D eigenvalue weighted by atomic mass is 16.5. The first-order valence-electron chi connectivity index (χ1n) is 5.21. The SMILES string of the molecule is O=C(O)CCCCCOC(CC(=O)O)C(=O)O. The van der Waals surface area contributed by atoms with Crippen LogP contribution in [0, 0.1) is 0 Å². The van der Waals surface area contributed by atoms with Crippen molar-refractivity contribution < 1.29 is 34.4 Å². The van der Waals surface area contributed by atoms with E-state index in [-0.39, 0.29) is 13.0 Å². The van der Waals surface area contributed by atoms with E-state index >= 15 is 0 Å². The highest BCUT2D eigenvalue weighted by Gasteiger charge is 2.21. The zero-order valence-corrected chi connectivity index (χ0v) is 9.29. The van der Waals surface area contributed by atoms with E-state index in [9.17, 15) is 14.4 Å². The van der Waals surface area contributed by atoms with Crippen molar-refractivity contribution in [2.75, 3.05) is 6.61 Å². The second-order valence-electron chi connectivity index (χ2n) is 3.50. The third-order valence-corrected chi connectivity index (χ3v) is 1.99. The Labute approximate surface area is 98.0 Å². The number of hydrogen-bond acceptors (Lipinski definition) is 4. The lowest BCUT2D eigenvalue weighted by Gasteiger charge is -2.10. The largest absolute Gasteiger partial charge is 0.481 e. The third kappa shape index (κ3) is 9.31. The molecule has 0 aromatic rings. The molecule has 0 bridgehead atoms. The van der Waals surface area contributed by atoms with Crippen molar-refractivity contribution in [1.82, 2.24) is 0 Å². The molecule has 1 atom stereocenters. The minimum atomic E-state index is -1.34. The molecule has 0 aliphatic carbocycles. The van der Waals surface area contributed by atoms with Gasteiger partial charge in [0.2, 0.25) is 0 Å². The van der Waals surface area contributed by atoms with Crippen LogP contribution in [0.4, 0.5) is 0 Å². The maximum atomic E-state index is 10.6. The fourth-order valence-electron chi connectivity index (χ4n) is 1.16. The van der Waals surface area contributed by atoms with Crippen LogP contribution in [-0.4, -0.2) is 45.9 Å². The van der Waals surface area contributed by atoms with E-state index in [1.165, 1.54) is 0 Å². The Morgan fingerprint density at radius 3 is 2.06 bits per heavy atom. The summed E-state index contributed by atoms with van der Waals surface area (Å²) < 4.78 is 4.89. The molecule has 17 heavy (non-hydrogen) atoms. The molecule has 0 radical (unpaired) electrons. The molecule has 0 saturated carbocycles. The lowest BCUT2D eigenvalue weighted by Crippen LogP contribution is -2.27. The van der Waals surface area contributed by atoms with E-state index in [0.29, 0.717) is 19.3 Å². The third-order valence-electron chi connectivity index (χ3n) is 1.99. The molecule has 0 spiro atoms. The van der Waals surface area contributed by atoms with E-state index in [4.69, 9.17) is 20.1 Å². The van der Waals surface area contributed by atoms with Crippen molar-refractivity contribution in [3.8, 4) is 0 Å². The fourth-order valence-corrected chi connectivity index (χ4v) is 1.16. The molecule has 0 aliphatic rings. The second kappa shape index (κ2) is 8.51. The number of carboxylic acids is 3. The Bertz CT molecular complexity index is 274. The van der Waals surface area contributed by atoms with Crippen molar-refractivity contribution in [3.63, 3.8) is 0 Å². The molecule has 98 valence electrons. The first kappa shape index (κ1) is 15.4. The molecule has 0 aliphatic heterocycles. The maximum absolute atomic E-state index is 10.6. The summed E-state index contributed by atoms with van der Waals surface area (Å²) in [6, 6.07) is 0. The monoisotopic (exact) mass is 248 g/mol. The minimum absolute atomic E-state index is 0.0669. The summed E-state index contributed by atoms with van der Waals surface area (Å²) >= 11 is 0. The summed E-state index contributed by atoms with van der Waals surface area (Å²) in [6.07, 6.45) is -0.244. The molecule has 0 heterocycles. The van der Waals surface area contributed by atoms with E-state index in [0.717, 1.165) is 0 Å². The maximum Gasteiger partial charge on any atom is 0.333 e. The number of hydrogen-bond donors (Lipinski definition) is 3. The summed E-state index contributed by atoms with van der Waals surface area (Å²) in [5, 5.41) is 25.4. The number of rotatable bonds is 10. The molecule has 0 aromatic carbocycles. The zero-order chi connectivity index (χ0) is 13.3. The normalized spacial score (nSPS) is 12.0. The molecule has 0 amide bonds. The van der Waals surface area contributed by atoms with Gasteiger partial charge in [0.05, 0.1) is 6.42 Å². The van der Waals surface area contributed by atoms with Crippen LogP contribution in [0.2, 0.25) is 0 Å². The summed E-state index contributed by atoms with van der Waals surface area (Å²) in [5.41, 5.74) is 0. The van der Waals surface area contributed by atoms with Gasteiger partial charge >= 0.3 is 17.9 Å². The van der Waals surface area contributed by atoms with Gasteiger partial charge in [0.25, 0.3) is 0 Å². The average molecular weight is 248 g/mol. The summed E-state index contributed by atoms with van der Waals surface area (Å²) in [4.78, 5) is 31.1. The molecule has 7 heteroatoms. The van der Waals surface area contributed by atoms with Crippen molar-refractivity contribution in [2.45, 2.75) is 38.2 Å². The predicted molar refractivity (Wildman–Crippen MR) is 55.7 cm³/mol. The molecule has 0 saturated heterocycles. The lowest BCUT2D eigenvalue weighted by atomic mass is 10.2. The molecule has 0 fully saturated rings. The first-order valence-corrected chi connectivity index (χ1v) is 5.21. The number of carboxylic acid groups (broad SMARTS) is 3. The van der Waals surface area contributed by atoms with Crippen LogP contribution in [0.5, 0.6) is 0 Å². The molecule has 3 N–H and O–H groups in total. The highest BCUT2D eigenvalue weighted by Crippen LogP contribution is 2.04. The van der Waals surface area contributed by atoms with E-state index in [1.54, 1.807) is 0 Å². The van der Waals surface area contributed by atoms with Crippen LogP contribution in [0.15, 0.2) is 0 Å². The van der Waals surface area contributed by atoms with Crippen molar-refractivity contribution in [3.05, 3.63) is 0 Å². The van der Waals surface area contributed by atoms with Crippen molar-refractivity contribution >= 4 is 17.9 Å². The van der Waals surface area contributed by atoms with Gasteiger partial charge in [0.1, 0.15) is 0 Å². The van der Waals surface area contributed by atoms with Crippen molar-refractivity contribution in [2.24, 2.45) is 0 Å². The number of unbranched alkanes of at least 4 members (excludes halogenated alkanes) is 2. The van der Waals surface area contributed by atoms with E-state index in [2.05, 4.69) is 0 Å². The van der Waals surface area contributed by atoms with Crippen LogP contribution in [0.3, 0.4) is 0 Å². The Morgan fingerprint density at radius 1 is 0.941 bits per heavy atom. The molecule has 0 aromatic heterocycles. The summed E-state index contributed by atoms with van der Waals surface area (Å²) in [7, 11) is 0. The Balaban J connectivity index is 3.65. The lowest BCUT2D eigenvalue weighted by molar-refractivity contribution is -0.156. The Hall–Kier alpha value is -1.63. The van der Waals surface area contributed by atoms with Crippen molar-refractivity contribution in [1.29, 1.82) is 0 Å². The fraction of sp³-hybridized carbons (Fsp3) is 0.700. The zero-order valence-electron chi connectivity index (χ0n) is 9.29. The van der Waals surface area contributed by atoms with Gasteiger partial charge in [-0.05, 0) is 12.8 Å². The molecule has 0 rings (SSSR count). The standard InChI is InChI=1S/C10H16O7/c11-8(12)4-2-1-3-5-17-7(10(15)16)6-9(13)14/h7H,1-6H2,(H,11,12)(H,13,14)(H,15,16). The molecular formula is C10H16O7. The Kier molecular flexibility index (Phi) is 7.70.